The molecule has 46 heavy (non-hydrogen) atoms. The van der Waals surface area contributed by atoms with E-state index in [0.717, 1.165) is 5.56 Å². The van der Waals surface area contributed by atoms with Crippen molar-refractivity contribution in [3.63, 3.8) is 0 Å². The van der Waals surface area contributed by atoms with Gasteiger partial charge in [0.25, 0.3) is 5.91 Å². The number of aliphatic hydroxyl groups excluding tert-OH is 1. The average molecular weight is 631 g/mol. The first-order valence-electron chi connectivity index (χ1n) is 15.9. The predicted octanol–water partition coefficient (Wildman–Crippen LogP) is 4.54. The highest BCUT2D eigenvalue weighted by molar-refractivity contribution is 6.01. The summed E-state index contributed by atoms with van der Waals surface area (Å²) in [5, 5.41) is 15.7. The number of nitrogens with zero attached hydrogens (tertiary/aromatic N) is 3. The summed E-state index contributed by atoms with van der Waals surface area (Å²) in [4.78, 5) is 47.0. The van der Waals surface area contributed by atoms with Gasteiger partial charge in [0.05, 0.1) is 35.3 Å². The first-order chi connectivity index (χ1) is 22.2. The minimum Gasteiger partial charge on any atom is -0.486 e. The van der Waals surface area contributed by atoms with Crippen LogP contribution in [0.1, 0.15) is 61.9 Å². The number of unbranched alkanes of at least 4 members (excludes halogenated alkanes) is 2. The second kappa shape index (κ2) is 16.7. The van der Waals surface area contributed by atoms with Crippen molar-refractivity contribution in [2.24, 2.45) is 5.92 Å². The van der Waals surface area contributed by atoms with Gasteiger partial charge in [0, 0.05) is 50.8 Å². The summed E-state index contributed by atoms with van der Waals surface area (Å²) in [7, 11) is 2.02. The lowest BCUT2D eigenvalue weighted by Crippen LogP contribution is -2.49. The van der Waals surface area contributed by atoms with Crippen molar-refractivity contribution in [1.29, 1.82) is 0 Å². The fraction of sp³-hybridized carbons (Fsp3) is 0.429. The normalized spacial score (nSPS) is 17.0. The Hall–Kier alpha value is -4.48. The van der Waals surface area contributed by atoms with Crippen molar-refractivity contribution in [2.75, 3.05) is 43.1 Å². The van der Waals surface area contributed by atoms with Gasteiger partial charge in [-0.15, -0.1) is 0 Å². The van der Waals surface area contributed by atoms with E-state index in [1.54, 1.807) is 47.6 Å². The Kier molecular flexibility index (Phi) is 12.5. The standard InChI is InChI=1S/C35H46N6O5/c1-24-20-41(25(2)23-42)35(45)27-10-9-13-30(34(27)46-31(24)22-40(3)21-26-16-18-37-19-17-26)39-33(44)15-6-4-5-14-32(43)38-29-12-8-7-11-28(29)36/h7-13,16-19,24-25,31,42H,4-6,14-15,20-23,36H2,1-3H3,(H,38,43)(H,39,44)/t24-,25-,31+/m0/s1. The van der Waals surface area contributed by atoms with Gasteiger partial charge in [-0.25, -0.2) is 0 Å². The Balaban J connectivity index is 1.41. The van der Waals surface area contributed by atoms with Gasteiger partial charge in [-0.05, 0) is 68.8 Å². The number of pyridine rings is 1. The van der Waals surface area contributed by atoms with Crippen LogP contribution in [-0.2, 0) is 16.1 Å². The number of nitrogen functional groups attached to an aromatic ring is 1. The van der Waals surface area contributed by atoms with Crippen LogP contribution in [-0.4, -0.2) is 76.5 Å². The van der Waals surface area contributed by atoms with E-state index in [4.69, 9.17) is 10.5 Å². The summed E-state index contributed by atoms with van der Waals surface area (Å²) in [5.41, 5.74) is 8.90. The van der Waals surface area contributed by atoms with Crippen LogP contribution in [0.2, 0.25) is 0 Å². The maximum absolute atomic E-state index is 13.7. The summed E-state index contributed by atoms with van der Waals surface area (Å²) in [5.74, 6) is -0.301. The van der Waals surface area contributed by atoms with Crippen LogP contribution < -0.4 is 21.1 Å². The molecule has 3 amide bonds. The molecule has 246 valence electrons. The highest BCUT2D eigenvalue weighted by atomic mass is 16.5. The van der Waals surface area contributed by atoms with Crippen LogP contribution in [0.15, 0.2) is 67.0 Å². The second-order valence-corrected chi connectivity index (χ2v) is 12.1. The lowest BCUT2D eigenvalue weighted by molar-refractivity contribution is -0.116. The van der Waals surface area contributed by atoms with E-state index in [2.05, 4.69) is 20.5 Å². The minimum absolute atomic E-state index is 0.0646. The topological polar surface area (TPSA) is 150 Å². The van der Waals surface area contributed by atoms with Gasteiger partial charge in [0.15, 0.2) is 5.75 Å². The predicted molar refractivity (Wildman–Crippen MR) is 179 cm³/mol. The first kappa shape index (κ1) is 34.4. The number of hydrogen-bond donors (Lipinski definition) is 4. The molecule has 11 nitrogen and oxygen atoms in total. The number of aromatic nitrogens is 1. The number of ether oxygens (including phenoxy) is 1. The monoisotopic (exact) mass is 630 g/mol. The fourth-order valence-electron chi connectivity index (χ4n) is 5.52. The maximum atomic E-state index is 13.7. The molecule has 0 spiro atoms. The van der Waals surface area contributed by atoms with E-state index >= 15 is 0 Å². The summed E-state index contributed by atoms with van der Waals surface area (Å²) >= 11 is 0. The molecule has 3 aromatic rings. The molecule has 0 saturated carbocycles. The zero-order chi connectivity index (χ0) is 33.1. The summed E-state index contributed by atoms with van der Waals surface area (Å²) in [6.07, 6.45) is 5.75. The Morgan fingerprint density at radius 3 is 2.35 bits per heavy atom. The van der Waals surface area contributed by atoms with Crippen LogP contribution in [0.3, 0.4) is 0 Å². The molecule has 2 aromatic carbocycles. The Morgan fingerprint density at radius 1 is 1.02 bits per heavy atom. The maximum Gasteiger partial charge on any atom is 0.258 e. The number of nitrogens with one attached hydrogen (secondary N) is 2. The number of likely N-dealkylation sites (N-methyl/N-ethyl adjacent to an activating group) is 1. The van der Waals surface area contributed by atoms with Crippen molar-refractivity contribution in [3.8, 4) is 5.75 Å². The number of carbonyl (C=O) groups is 3. The van der Waals surface area contributed by atoms with E-state index in [1.165, 1.54) is 0 Å². The molecule has 0 unspecified atom stereocenters. The molecule has 1 aromatic heterocycles. The lowest BCUT2D eigenvalue weighted by Gasteiger charge is -2.38. The largest absolute Gasteiger partial charge is 0.486 e. The number of carbonyl (C=O) groups excluding carboxylic acids is 3. The van der Waals surface area contributed by atoms with E-state index in [-0.39, 0.29) is 48.8 Å². The molecule has 2 heterocycles. The van der Waals surface area contributed by atoms with Crippen LogP contribution in [0, 0.1) is 5.92 Å². The number of nitrogens with two attached hydrogens (primary N) is 1. The molecule has 5 N–H and O–H groups in total. The van der Waals surface area contributed by atoms with Gasteiger partial charge in [0.2, 0.25) is 11.8 Å². The summed E-state index contributed by atoms with van der Waals surface area (Å²) in [6.45, 7) is 5.38. The number of aliphatic hydroxyl groups is 1. The number of rotatable bonds is 14. The third-order valence-electron chi connectivity index (χ3n) is 8.20. The van der Waals surface area contributed by atoms with E-state index in [9.17, 15) is 19.5 Å². The Morgan fingerprint density at radius 2 is 1.67 bits per heavy atom. The highest BCUT2D eigenvalue weighted by Crippen LogP contribution is 2.35. The van der Waals surface area contributed by atoms with Gasteiger partial charge >= 0.3 is 0 Å². The molecule has 0 fully saturated rings. The van der Waals surface area contributed by atoms with Crippen LogP contribution in [0.25, 0.3) is 0 Å². The second-order valence-electron chi connectivity index (χ2n) is 12.1. The summed E-state index contributed by atoms with van der Waals surface area (Å²) < 4.78 is 6.62. The molecular weight excluding hydrogens is 584 g/mol. The number of benzene rings is 2. The molecule has 11 heteroatoms. The molecule has 0 bridgehead atoms. The van der Waals surface area contributed by atoms with Crippen molar-refractivity contribution in [1.82, 2.24) is 14.8 Å². The minimum atomic E-state index is -0.388. The molecule has 0 aliphatic carbocycles. The van der Waals surface area contributed by atoms with Crippen molar-refractivity contribution >= 4 is 34.8 Å². The number of amides is 3. The zero-order valence-corrected chi connectivity index (χ0v) is 26.9. The number of hydrogen-bond acceptors (Lipinski definition) is 8. The number of para-hydroxylation sites is 3. The summed E-state index contributed by atoms with van der Waals surface area (Å²) in [6, 6.07) is 15.8. The van der Waals surface area contributed by atoms with Crippen LogP contribution >= 0.6 is 0 Å². The van der Waals surface area contributed by atoms with Gasteiger partial charge < -0.3 is 31.1 Å². The SMILES string of the molecule is C[C@H]1CN([C@@H](C)CO)C(=O)c2cccc(NC(=O)CCCCCC(=O)Nc3ccccc3N)c2O[C@@H]1CN(C)Cc1ccncc1. The number of fused-ring (bicyclic) bond motifs is 1. The molecule has 3 atom stereocenters. The van der Waals surface area contributed by atoms with E-state index in [1.807, 2.05) is 45.2 Å². The van der Waals surface area contributed by atoms with Crippen LogP contribution in [0.4, 0.5) is 17.1 Å². The molecule has 1 aliphatic heterocycles. The third-order valence-corrected chi connectivity index (χ3v) is 8.20. The van der Waals surface area contributed by atoms with E-state index in [0.29, 0.717) is 73.7 Å². The Labute approximate surface area is 271 Å². The first-order valence-corrected chi connectivity index (χ1v) is 15.9. The highest BCUT2D eigenvalue weighted by Gasteiger charge is 2.34. The van der Waals surface area contributed by atoms with Crippen LogP contribution in [0.5, 0.6) is 5.75 Å². The molecule has 0 saturated heterocycles. The molecule has 0 radical (unpaired) electrons. The van der Waals surface area contributed by atoms with Crippen molar-refractivity contribution < 1.29 is 24.2 Å². The van der Waals surface area contributed by atoms with Crippen molar-refractivity contribution in [2.45, 2.75) is 64.6 Å². The van der Waals surface area contributed by atoms with Gasteiger partial charge in [-0.1, -0.05) is 31.5 Å². The molecular formula is C35H46N6O5. The van der Waals surface area contributed by atoms with Gasteiger partial charge in [0.1, 0.15) is 6.10 Å². The van der Waals surface area contributed by atoms with E-state index < -0.39 is 0 Å². The lowest BCUT2D eigenvalue weighted by atomic mass is 9.98. The van der Waals surface area contributed by atoms with Gasteiger partial charge in [-0.2, -0.15) is 0 Å². The third kappa shape index (κ3) is 9.51. The van der Waals surface area contributed by atoms with Crippen molar-refractivity contribution in [3.05, 3.63) is 78.1 Å². The quantitative estimate of drug-likeness (QED) is 0.150. The number of anilines is 3. The smallest absolute Gasteiger partial charge is 0.258 e. The van der Waals surface area contributed by atoms with Gasteiger partial charge in [-0.3, -0.25) is 24.3 Å². The Bertz CT molecular complexity index is 1470. The zero-order valence-electron chi connectivity index (χ0n) is 26.9. The fourth-order valence-corrected chi connectivity index (χ4v) is 5.52. The molecule has 4 rings (SSSR count). The average Bonchev–Trinajstić information content (AvgIpc) is 3.04. The molecule has 1 aliphatic rings.